The molecule has 0 N–H and O–H groups in total. The molecular weight excluding hydrogens is 528 g/mol. The van der Waals surface area contributed by atoms with Gasteiger partial charge < -0.3 is 23.7 Å². The highest BCUT2D eigenvalue weighted by Gasteiger charge is 2.13. The normalized spacial score (nSPS) is 10.5. The maximum Gasteiger partial charge on any atom is 0.333 e. The number of carbonyl (C=O) groups excluding carboxylic acids is 4. The molecule has 2 rings (SSSR count). The summed E-state index contributed by atoms with van der Waals surface area (Å²) < 4.78 is 25.8. The van der Waals surface area contributed by atoms with Crippen LogP contribution in [-0.2, 0) is 28.6 Å². The van der Waals surface area contributed by atoms with Crippen LogP contribution in [0.15, 0.2) is 79.4 Å². The minimum absolute atomic E-state index is 0.0513. The molecule has 0 atom stereocenters. The molecule has 9 heteroatoms. The van der Waals surface area contributed by atoms with Crippen molar-refractivity contribution < 1.29 is 42.9 Å². The fourth-order valence-electron chi connectivity index (χ4n) is 3.26. The molecule has 0 aliphatic carbocycles. The van der Waals surface area contributed by atoms with E-state index in [1.54, 1.807) is 30.3 Å². The first-order chi connectivity index (χ1) is 19.8. The van der Waals surface area contributed by atoms with Crippen molar-refractivity contribution in [3.8, 4) is 11.5 Å². The number of esters is 3. The SMILES string of the molecule is C=CC(=O)OCCCCOc1ccc(/C=C/C(=O)c2ccc(OCCCCOC(=O)C(=C)CC(=O)OC)cc2)cc1. The van der Waals surface area contributed by atoms with E-state index in [1.807, 2.05) is 24.3 Å². The van der Waals surface area contributed by atoms with E-state index in [0.29, 0.717) is 50.4 Å². The van der Waals surface area contributed by atoms with Crippen molar-refractivity contribution in [2.75, 3.05) is 33.5 Å². The van der Waals surface area contributed by atoms with E-state index in [2.05, 4.69) is 17.9 Å². The maximum atomic E-state index is 12.5. The Morgan fingerprint density at radius 3 is 1.85 bits per heavy atom. The van der Waals surface area contributed by atoms with Crippen molar-refractivity contribution >= 4 is 29.8 Å². The standard InChI is InChI=1S/C32H36O9/c1-4-30(34)40-21-7-5-19-38-27-14-9-25(10-15-27)11-18-29(33)26-12-16-28(17-13-26)39-20-6-8-22-41-32(36)24(2)23-31(35)37-3/h4,9-18H,1-2,5-8,19-23H2,3H3/b18-11+. The van der Waals surface area contributed by atoms with Gasteiger partial charge in [-0.3, -0.25) is 9.59 Å². The average molecular weight is 565 g/mol. The van der Waals surface area contributed by atoms with Crippen LogP contribution < -0.4 is 9.47 Å². The summed E-state index contributed by atoms with van der Waals surface area (Å²) in [5.74, 6) is -0.381. The minimum Gasteiger partial charge on any atom is -0.494 e. The van der Waals surface area contributed by atoms with E-state index in [9.17, 15) is 19.2 Å². The van der Waals surface area contributed by atoms with Crippen LogP contribution in [0.4, 0.5) is 0 Å². The molecule has 0 heterocycles. The van der Waals surface area contributed by atoms with Crippen LogP contribution in [0.25, 0.3) is 6.08 Å². The molecule has 0 saturated heterocycles. The van der Waals surface area contributed by atoms with Crippen molar-refractivity contribution in [1.82, 2.24) is 0 Å². The summed E-state index contributed by atoms with van der Waals surface area (Å²) in [7, 11) is 1.24. The predicted molar refractivity (Wildman–Crippen MR) is 154 cm³/mol. The zero-order valence-electron chi connectivity index (χ0n) is 23.3. The Morgan fingerprint density at radius 1 is 0.756 bits per heavy atom. The average Bonchev–Trinajstić information content (AvgIpc) is 2.99. The Balaban J connectivity index is 1.64. The van der Waals surface area contributed by atoms with Gasteiger partial charge in [0, 0.05) is 17.2 Å². The van der Waals surface area contributed by atoms with E-state index >= 15 is 0 Å². The number of carbonyl (C=O) groups is 4. The van der Waals surface area contributed by atoms with Crippen LogP contribution in [-0.4, -0.2) is 57.2 Å². The van der Waals surface area contributed by atoms with Crippen molar-refractivity contribution in [2.24, 2.45) is 0 Å². The summed E-state index contributed by atoms with van der Waals surface area (Å²) in [6.07, 6.45) is 6.87. The summed E-state index contributed by atoms with van der Waals surface area (Å²) in [5, 5.41) is 0. The van der Waals surface area contributed by atoms with Crippen molar-refractivity contribution in [2.45, 2.75) is 32.1 Å². The Morgan fingerprint density at radius 2 is 1.29 bits per heavy atom. The second kappa shape index (κ2) is 18.6. The van der Waals surface area contributed by atoms with Crippen LogP contribution in [0, 0.1) is 0 Å². The predicted octanol–water partition coefficient (Wildman–Crippen LogP) is 5.29. The summed E-state index contributed by atoms with van der Waals surface area (Å²) in [5.41, 5.74) is 1.45. The largest absolute Gasteiger partial charge is 0.494 e. The third-order valence-electron chi connectivity index (χ3n) is 5.58. The number of rotatable bonds is 19. The van der Waals surface area contributed by atoms with Gasteiger partial charge in [0.25, 0.3) is 0 Å². The van der Waals surface area contributed by atoms with Crippen LogP contribution in [0.3, 0.4) is 0 Å². The molecule has 0 fully saturated rings. The smallest absolute Gasteiger partial charge is 0.333 e. The minimum atomic E-state index is -0.620. The number of ketones is 1. The van der Waals surface area contributed by atoms with Gasteiger partial charge in [0.05, 0.1) is 40.0 Å². The number of ether oxygens (including phenoxy) is 5. The van der Waals surface area contributed by atoms with Crippen LogP contribution in [0.2, 0.25) is 0 Å². The number of hydrogen-bond donors (Lipinski definition) is 0. The Labute approximate surface area is 240 Å². The lowest BCUT2D eigenvalue weighted by Crippen LogP contribution is -2.13. The van der Waals surface area contributed by atoms with Gasteiger partial charge in [0.1, 0.15) is 11.5 Å². The van der Waals surface area contributed by atoms with Gasteiger partial charge in [-0.25, -0.2) is 9.59 Å². The van der Waals surface area contributed by atoms with Crippen molar-refractivity contribution in [3.63, 3.8) is 0 Å². The van der Waals surface area contributed by atoms with E-state index in [0.717, 1.165) is 23.8 Å². The molecule has 0 spiro atoms. The van der Waals surface area contributed by atoms with Gasteiger partial charge in [-0.15, -0.1) is 0 Å². The lowest BCUT2D eigenvalue weighted by Gasteiger charge is -2.08. The van der Waals surface area contributed by atoms with Gasteiger partial charge in [0.2, 0.25) is 0 Å². The monoisotopic (exact) mass is 564 g/mol. The number of hydrogen-bond acceptors (Lipinski definition) is 9. The Hall–Kier alpha value is -4.66. The molecule has 0 aromatic heterocycles. The first-order valence-electron chi connectivity index (χ1n) is 13.2. The van der Waals surface area contributed by atoms with Crippen molar-refractivity contribution in [1.29, 1.82) is 0 Å². The summed E-state index contributed by atoms with van der Waals surface area (Å²) >= 11 is 0. The van der Waals surface area contributed by atoms with E-state index in [-0.39, 0.29) is 24.4 Å². The molecular formula is C32H36O9. The van der Waals surface area contributed by atoms with Gasteiger partial charge >= 0.3 is 17.9 Å². The number of unbranched alkanes of at least 4 members (excludes halogenated alkanes) is 2. The highest BCUT2D eigenvalue weighted by Crippen LogP contribution is 2.16. The Bertz CT molecular complexity index is 1190. The van der Waals surface area contributed by atoms with Gasteiger partial charge in [0.15, 0.2) is 5.78 Å². The molecule has 0 saturated carbocycles. The number of benzene rings is 2. The molecule has 0 amide bonds. The first-order valence-corrected chi connectivity index (χ1v) is 13.2. The topological polar surface area (TPSA) is 114 Å². The quantitative estimate of drug-likeness (QED) is 0.0738. The van der Waals surface area contributed by atoms with Crippen LogP contribution >= 0.6 is 0 Å². The molecule has 218 valence electrons. The van der Waals surface area contributed by atoms with E-state index in [1.165, 1.54) is 13.2 Å². The molecule has 9 nitrogen and oxygen atoms in total. The first kappa shape index (κ1) is 32.6. The number of methoxy groups -OCH3 is 1. The van der Waals surface area contributed by atoms with E-state index in [4.69, 9.17) is 18.9 Å². The van der Waals surface area contributed by atoms with Crippen molar-refractivity contribution in [3.05, 3.63) is 90.5 Å². The molecule has 2 aromatic rings. The highest BCUT2D eigenvalue weighted by molar-refractivity contribution is 6.06. The van der Waals surface area contributed by atoms with Crippen LogP contribution in [0.1, 0.15) is 48.0 Å². The fourth-order valence-corrected chi connectivity index (χ4v) is 3.26. The van der Waals surface area contributed by atoms with E-state index < -0.39 is 17.9 Å². The van der Waals surface area contributed by atoms with Crippen LogP contribution in [0.5, 0.6) is 11.5 Å². The van der Waals surface area contributed by atoms with Gasteiger partial charge in [-0.1, -0.05) is 31.4 Å². The van der Waals surface area contributed by atoms with Gasteiger partial charge in [-0.2, -0.15) is 0 Å². The molecule has 0 unspecified atom stereocenters. The lowest BCUT2D eigenvalue weighted by molar-refractivity contribution is -0.144. The molecule has 0 radical (unpaired) electrons. The summed E-state index contributed by atoms with van der Waals surface area (Å²) in [6.45, 7) is 8.31. The summed E-state index contributed by atoms with van der Waals surface area (Å²) in [6, 6.07) is 14.3. The molecule has 0 aliphatic rings. The highest BCUT2D eigenvalue weighted by atomic mass is 16.5. The zero-order valence-corrected chi connectivity index (χ0v) is 23.3. The second-order valence-electron chi connectivity index (χ2n) is 8.77. The molecule has 2 aromatic carbocycles. The number of allylic oxidation sites excluding steroid dienone is 1. The second-order valence-corrected chi connectivity index (χ2v) is 8.77. The molecule has 0 aliphatic heterocycles. The Kier molecular flexibility index (Phi) is 14.8. The molecule has 41 heavy (non-hydrogen) atoms. The molecule has 0 bridgehead atoms. The maximum absolute atomic E-state index is 12.5. The van der Waals surface area contributed by atoms with Gasteiger partial charge in [-0.05, 0) is 73.7 Å². The third kappa shape index (κ3) is 13.3. The summed E-state index contributed by atoms with van der Waals surface area (Å²) in [4.78, 5) is 46.4. The fraction of sp³-hybridized carbons (Fsp3) is 0.312. The zero-order chi connectivity index (χ0) is 29.9. The third-order valence-corrected chi connectivity index (χ3v) is 5.58. The lowest BCUT2D eigenvalue weighted by atomic mass is 10.1.